The third-order valence-electron chi connectivity index (χ3n) is 1.49. The molecule has 1 aromatic rings. The number of rotatable bonds is 3. The van der Waals surface area contributed by atoms with Crippen molar-refractivity contribution >= 4 is 6.16 Å². The van der Waals surface area contributed by atoms with Gasteiger partial charge < -0.3 is 19.4 Å². The van der Waals surface area contributed by atoms with Gasteiger partial charge in [0.1, 0.15) is 0 Å². The number of hydrogen-bond donors (Lipinski definition) is 0. The van der Waals surface area contributed by atoms with E-state index < -0.39 is 12.4 Å². The number of benzene rings is 1. The summed E-state index contributed by atoms with van der Waals surface area (Å²) in [5.74, 6) is 0. The van der Waals surface area contributed by atoms with Crippen molar-refractivity contribution in [2.75, 3.05) is 7.11 Å². The van der Waals surface area contributed by atoms with Gasteiger partial charge in [0.25, 0.3) is 6.16 Å². The van der Waals surface area contributed by atoms with Gasteiger partial charge in [-0.3, -0.25) is 0 Å². The van der Waals surface area contributed by atoms with Crippen LogP contribution in [0, 0.1) is 0 Å². The summed E-state index contributed by atoms with van der Waals surface area (Å²) in [6.07, 6.45) is -2.51. The van der Waals surface area contributed by atoms with E-state index >= 15 is 0 Å². The van der Waals surface area contributed by atoms with E-state index in [9.17, 15) is 9.90 Å². The zero-order valence-electron chi connectivity index (χ0n) is 8.10. The largest absolute Gasteiger partial charge is 1.00 e. The van der Waals surface area contributed by atoms with Crippen molar-refractivity contribution in [2.45, 2.75) is 6.29 Å². The van der Waals surface area contributed by atoms with Crippen molar-refractivity contribution in [3.63, 3.8) is 0 Å². The van der Waals surface area contributed by atoms with Crippen molar-refractivity contribution in [3.05, 3.63) is 35.9 Å². The van der Waals surface area contributed by atoms with Crippen LogP contribution < -0.4 is 34.7 Å². The molecule has 0 aliphatic carbocycles. The second kappa shape index (κ2) is 6.84. The van der Waals surface area contributed by atoms with E-state index in [4.69, 9.17) is 4.74 Å². The van der Waals surface area contributed by atoms with Crippen LogP contribution >= 0.6 is 0 Å². The molecule has 1 atom stereocenters. The van der Waals surface area contributed by atoms with Crippen LogP contribution in [0.5, 0.6) is 0 Å². The van der Waals surface area contributed by atoms with Crippen molar-refractivity contribution in [1.82, 2.24) is 0 Å². The molecular weight excluding hydrogens is 195 g/mol. The fourth-order valence-electron chi connectivity index (χ4n) is 0.950. The predicted octanol–water partition coefficient (Wildman–Crippen LogP) is -2.30. The fourth-order valence-corrected chi connectivity index (χ4v) is 0.950. The quantitative estimate of drug-likeness (QED) is 0.315. The Hall–Kier alpha value is -0.550. The summed E-state index contributed by atoms with van der Waals surface area (Å²) in [4.78, 5) is 10.1. The second-order valence-electron chi connectivity index (χ2n) is 2.35. The molecule has 0 fully saturated rings. The van der Waals surface area contributed by atoms with Gasteiger partial charge in [-0.25, -0.2) is 0 Å². The average Bonchev–Trinajstić information content (AvgIpc) is 2.15. The third kappa shape index (κ3) is 4.11. The van der Waals surface area contributed by atoms with E-state index in [0.29, 0.717) is 5.56 Å². The molecule has 70 valence electrons. The first-order chi connectivity index (χ1) is 6.24. The molecule has 0 bridgehead atoms. The number of ether oxygens (including phenoxy) is 2. The summed E-state index contributed by atoms with van der Waals surface area (Å²) < 4.78 is 9.17. The number of carbonyl (C=O) groups is 1. The maximum Gasteiger partial charge on any atom is 1.00 e. The Morgan fingerprint density at radius 1 is 1.36 bits per heavy atom. The molecule has 0 aliphatic rings. The number of carboxylic acid groups (broad SMARTS) is 1. The Morgan fingerprint density at radius 2 is 1.93 bits per heavy atom. The Labute approximate surface area is 104 Å². The molecule has 0 radical (unpaired) electrons. The van der Waals surface area contributed by atoms with Gasteiger partial charge in [-0.15, -0.1) is 0 Å². The van der Waals surface area contributed by atoms with E-state index in [1.807, 2.05) is 6.07 Å². The molecule has 1 aromatic carbocycles. The zero-order valence-corrected chi connectivity index (χ0v) is 10.1. The van der Waals surface area contributed by atoms with E-state index in [0.717, 1.165) is 0 Å². The normalized spacial score (nSPS) is 11.2. The predicted molar refractivity (Wildman–Crippen MR) is 42.7 cm³/mol. The van der Waals surface area contributed by atoms with Gasteiger partial charge in [-0.05, 0) is 0 Å². The second-order valence-corrected chi connectivity index (χ2v) is 2.35. The summed E-state index contributed by atoms with van der Waals surface area (Å²) in [6.45, 7) is 0. The van der Waals surface area contributed by atoms with E-state index in [-0.39, 0.29) is 29.6 Å². The van der Waals surface area contributed by atoms with Gasteiger partial charge in [0, 0.05) is 12.7 Å². The smallest absolute Gasteiger partial charge is 0.517 e. The first kappa shape index (κ1) is 13.4. The molecule has 1 rings (SSSR count). The standard InChI is InChI=1S/C9H10O4.Na/c1-12-8(13-9(10)11)7-5-3-2-4-6-7;/h2-6,8H,1H3,(H,10,11);/q;+1/p-1. The zero-order chi connectivity index (χ0) is 9.68. The molecule has 0 amide bonds. The molecule has 0 aliphatic heterocycles. The molecule has 1 unspecified atom stereocenters. The van der Waals surface area contributed by atoms with Crippen LogP contribution in [0.3, 0.4) is 0 Å². The van der Waals surface area contributed by atoms with Crippen LogP contribution in [-0.2, 0) is 9.47 Å². The van der Waals surface area contributed by atoms with Crippen LogP contribution in [0.1, 0.15) is 11.9 Å². The number of carbonyl (C=O) groups excluding carboxylic acids is 1. The third-order valence-corrected chi connectivity index (χ3v) is 1.49. The minimum Gasteiger partial charge on any atom is -0.517 e. The van der Waals surface area contributed by atoms with Crippen LogP contribution in [0.2, 0.25) is 0 Å². The molecule has 0 saturated carbocycles. The maximum atomic E-state index is 10.1. The van der Waals surface area contributed by atoms with Crippen LogP contribution in [0.15, 0.2) is 30.3 Å². The van der Waals surface area contributed by atoms with Crippen molar-refractivity contribution < 1.29 is 48.9 Å². The topological polar surface area (TPSA) is 58.6 Å². The van der Waals surface area contributed by atoms with Crippen LogP contribution in [0.25, 0.3) is 0 Å². The van der Waals surface area contributed by atoms with Gasteiger partial charge in [0.05, 0.1) is 0 Å². The Kier molecular flexibility index (Phi) is 6.57. The molecule has 0 spiro atoms. The van der Waals surface area contributed by atoms with Crippen molar-refractivity contribution in [3.8, 4) is 0 Å². The molecule has 0 aromatic heterocycles. The maximum absolute atomic E-state index is 10.1. The Morgan fingerprint density at radius 3 is 2.36 bits per heavy atom. The van der Waals surface area contributed by atoms with Gasteiger partial charge >= 0.3 is 29.6 Å². The van der Waals surface area contributed by atoms with Gasteiger partial charge in [-0.1, -0.05) is 30.3 Å². The van der Waals surface area contributed by atoms with E-state index in [1.54, 1.807) is 24.3 Å². The van der Waals surface area contributed by atoms with E-state index in [2.05, 4.69) is 4.74 Å². The van der Waals surface area contributed by atoms with Crippen molar-refractivity contribution in [2.24, 2.45) is 0 Å². The minimum absolute atomic E-state index is 0. The fraction of sp³-hybridized carbons (Fsp3) is 0.222. The first-order valence-corrected chi connectivity index (χ1v) is 3.69. The Balaban J connectivity index is 0.00000169. The molecule has 0 N–H and O–H groups in total. The van der Waals surface area contributed by atoms with Gasteiger partial charge in [-0.2, -0.15) is 0 Å². The van der Waals surface area contributed by atoms with E-state index in [1.165, 1.54) is 7.11 Å². The molecule has 5 heteroatoms. The Bertz CT molecular complexity index is 275. The monoisotopic (exact) mass is 204 g/mol. The average molecular weight is 204 g/mol. The summed E-state index contributed by atoms with van der Waals surface area (Å²) in [6, 6.07) is 8.75. The van der Waals surface area contributed by atoms with Gasteiger partial charge in [0.2, 0.25) is 0 Å². The summed E-state index contributed by atoms with van der Waals surface area (Å²) in [7, 11) is 1.36. The van der Waals surface area contributed by atoms with Crippen molar-refractivity contribution in [1.29, 1.82) is 0 Å². The van der Waals surface area contributed by atoms with Crippen LogP contribution in [-0.4, -0.2) is 13.3 Å². The summed E-state index contributed by atoms with van der Waals surface area (Å²) in [5, 5.41) is 10.1. The number of methoxy groups -OCH3 is 1. The summed E-state index contributed by atoms with van der Waals surface area (Å²) in [5.41, 5.74) is 0.634. The first-order valence-electron chi connectivity index (χ1n) is 3.69. The number of hydrogen-bond acceptors (Lipinski definition) is 4. The van der Waals surface area contributed by atoms with Crippen LogP contribution in [0.4, 0.5) is 4.79 Å². The van der Waals surface area contributed by atoms with Gasteiger partial charge in [0.15, 0.2) is 6.29 Å². The molecule has 0 heterocycles. The molecule has 0 saturated heterocycles. The minimum atomic E-state index is -1.60. The molecule has 14 heavy (non-hydrogen) atoms. The summed E-state index contributed by atoms with van der Waals surface area (Å²) >= 11 is 0. The molecular formula is C9H9NaO4. The SMILES string of the molecule is COC(OC(=O)[O-])c1ccccc1.[Na+]. The molecule has 4 nitrogen and oxygen atoms in total.